The van der Waals surface area contributed by atoms with E-state index >= 15 is 0 Å². The zero-order valence-electron chi connectivity index (χ0n) is 10.4. The molecule has 1 aromatic heterocycles. The molecular formula is C11H13F3N4O2. The number of nitrogens with zero attached hydrogens (tertiary/aromatic N) is 1. The zero-order valence-corrected chi connectivity index (χ0v) is 10.4. The third-order valence-corrected chi connectivity index (χ3v) is 2.96. The minimum Gasteiger partial charge on any atom is -0.354 e. The molecule has 0 aliphatic carbocycles. The lowest BCUT2D eigenvalue weighted by molar-refractivity contribution is -0.141. The van der Waals surface area contributed by atoms with E-state index in [0.717, 1.165) is 12.8 Å². The van der Waals surface area contributed by atoms with Gasteiger partial charge in [-0.3, -0.25) is 14.7 Å². The number of carbonyl (C=O) groups excluding carboxylic acids is 2. The van der Waals surface area contributed by atoms with Crippen LogP contribution in [0.3, 0.4) is 0 Å². The highest BCUT2D eigenvalue weighted by Crippen LogP contribution is 2.27. The molecule has 1 saturated heterocycles. The quantitative estimate of drug-likeness (QED) is 0.754. The second-order valence-corrected chi connectivity index (χ2v) is 4.48. The lowest BCUT2D eigenvalue weighted by Gasteiger charge is -2.13. The van der Waals surface area contributed by atoms with E-state index in [4.69, 9.17) is 0 Å². The van der Waals surface area contributed by atoms with Crippen molar-refractivity contribution in [3.8, 4) is 0 Å². The van der Waals surface area contributed by atoms with E-state index < -0.39 is 29.5 Å². The lowest BCUT2D eigenvalue weighted by atomic mass is 10.1. The molecule has 2 heterocycles. The number of carbonyl (C=O) groups is 2. The maximum absolute atomic E-state index is 12.4. The summed E-state index contributed by atoms with van der Waals surface area (Å²) in [6.07, 6.45) is -2.59. The van der Waals surface area contributed by atoms with Crippen LogP contribution in [0.15, 0.2) is 6.07 Å². The van der Waals surface area contributed by atoms with Crippen LogP contribution >= 0.6 is 0 Å². The summed E-state index contributed by atoms with van der Waals surface area (Å²) in [5, 5.41) is 10.1. The first-order valence-electron chi connectivity index (χ1n) is 6.09. The van der Waals surface area contributed by atoms with Gasteiger partial charge in [0, 0.05) is 12.6 Å². The van der Waals surface area contributed by atoms with Crippen LogP contribution in [0.5, 0.6) is 0 Å². The number of alkyl halides is 3. The van der Waals surface area contributed by atoms with Gasteiger partial charge in [0.05, 0.1) is 0 Å². The smallest absolute Gasteiger partial charge is 0.354 e. The maximum Gasteiger partial charge on any atom is 0.432 e. The Hall–Kier alpha value is -2.06. The van der Waals surface area contributed by atoms with Crippen molar-refractivity contribution in [3.05, 3.63) is 17.5 Å². The largest absolute Gasteiger partial charge is 0.432 e. The summed E-state index contributed by atoms with van der Waals surface area (Å²) in [6, 6.07) is -0.125. The van der Waals surface area contributed by atoms with Crippen molar-refractivity contribution >= 4 is 11.8 Å². The maximum atomic E-state index is 12.4. The molecule has 0 bridgehead atoms. The summed E-state index contributed by atoms with van der Waals surface area (Å²) < 4.78 is 37.1. The van der Waals surface area contributed by atoms with Crippen LogP contribution in [-0.4, -0.2) is 34.6 Å². The van der Waals surface area contributed by atoms with E-state index in [2.05, 4.69) is 15.7 Å². The van der Waals surface area contributed by atoms with Crippen LogP contribution in [0, 0.1) is 0 Å². The molecule has 0 saturated carbocycles. The number of rotatable bonds is 2. The number of H-pyrrole nitrogens is 1. The molecule has 1 fully saturated rings. The zero-order chi connectivity index (χ0) is 14.8. The van der Waals surface area contributed by atoms with Crippen LogP contribution in [0.4, 0.5) is 13.2 Å². The van der Waals surface area contributed by atoms with Gasteiger partial charge in [-0.05, 0) is 19.3 Å². The van der Waals surface area contributed by atoms with Gasteiger partial charge >= 0.3 is 6.18 Å². The van der Waals surface area contributed by atoms with E-state index in [-0.39, 0.29) is 5.91 Å². The van der Waals surface area contributed by atoms with E-state index in [1.165, 1.54) is 0 Å². The molecule has 1 aliphatic rings. The van der Waals surface area contributed by atoms with Gasteiger partial charge < -0.3 is 10.6 Å². The van der Waals surface area contributed by atoms with Crippen molar-refractivity contribution in [3.63, 3.8) is 0 Å². The highest BCUT2D eigenvalue weighted by Gasteiger charge is 2.34. The van der Waals surface area contributed by atoms with Crippen molar-refractivity contribution in [1.29, 1.82) is 0 Å². The van der Waals surface area contributed by atoms with E-state index in [1.807, 2.05) is 0 Å². The van der Waals surface area contributed by atoms with Crippen molar-refractivity contribution in [2.45, 2.75) is 31.5 Å². The summed E-state index contributed by atoms with van der Waals surface area (Å²) in [6.45, 7) is 0.534. The molecule has 0 unspecified atom stereocenters. The number of hydrogen-bond acceptors (Lipinski definition) is 3. The predicted molar refractivity (Wildman–Crippen MR) is 61.7 cm³/mol. The van der Waals surface area contributed by atoms with E-state index in [9.17, 15) is 22.8 Å². The summed E-state index contributed by atoms with van der Waals surface area (Å²) in [4.78, 5) is 23.4. The number of halogens is 3. The fourth-order valence-corrected chi connectivity index (χ4v) is 1.89. The molecule has 0 spiro atoms. The Bertz CT molecular complexity index is 512. The van der Waals surface area contributed by atoms with Crippen molar-refractivity contribution < 1.29 is 22.8 Å². The van der Waals surface area contributed by atoms with Crippen LogP contribution < -0.4 is 10.6 Å². The lowest BCUT2D eigenvalue weighted by Crippen LogP contribution is -2.45. The topological polar surface area (TPSA) is 86.9 Å². The number of hydrogen-bond donors (Lipinski definition) is 3. The minimum atomic E-state index is -4.59. The monoisotopic (exact) mass is 290 g/mol. The van der Waals surface area contributed by atoms with Crippen molar-refractivity contribution in [2.24, 2.45) is 0 Å². The van der Waals surface area contributed by atoms with Gasteiger partial charge in [0.2, 0.25) is 5.91 Å². The molecule has 0 aromatic carbocycles. The fraction of sp³-hybridized carbons (Fsp3) is 0.545. The third kappa shape index (κ3) is 3.28. The Labute approximate surface area is 112 Å². The summed E-state index contributed by atoms with van der Waals surface area (Å²) >= 11 is 0. The Balaban J connectivity index is 2.04. The average molecular weight is 290 g/mol. The van der Waals surface area contributed by atoms with E-state index in [1.54, 1.807) is 5.10 Å². The van der Waals surface area contributed by atoms with Gasteiger partial charge in [-0.25, -0.2) is 0 Å². The molecule has 9 heteroatoms. The molecule has 20 heavy (non-hydrogen) atoms. The molecule has 2 amide bonds. The van der Waals surface area contributed by atoms with Crippen LogP contribution in [0.2, 0.25) is 0 Å². The SMILES string of the molecule is O=C(N[C@H]1CCCCNC1=O)c1cc(C(F)(F)F)[nH]n1. The highest BCUT2D eigenvalue weighted by atomic mass is 19.4. The normalized spacial score (nSPS) is 20.1. The van der Waals surface area contributed by atoms with Gasteiger partial charge in [-0.15, -0.1) is 0 Å². The first-order chi connectivity index (χ1) is 9.38. The molecule has 1 aliphatic heterocycles. The van der Waals surface area contributed by atoms with Crippen LogP contribution in [-0.2, 0) is 11.0 Å². The number of amides is 2. The van der Waals surface area contributed by atoms with Crippen molar-refractivity contribution in [1.82, 2.24) is 20.8 Å². The molecule has 6 nitrogen and oxygen atoms in total. The standard InChI is InChI=1S/C11H13F3N4O2/c12-11(13,14)8-5-7(17-18-8)10(20)16-6-3-1-2-4-15-9(6)19/h5-6H,1-4H2,(H,15,19)(H,16,20)(H,17,18)/t6-/m0/s1. The number of aromatic amines is 1. The average Bonchev–Trinajstić information content (AvgIpc) is 2.78. The highest BCUT2D eigenvalue weighted by molar-refractivity contribution is 5.96. The van der Waals surface area contributed by atoms with Gasteiger partial charge in [0.25, 0.3) is 5.91 Å². The fourth-order valence-electron chi connectivity index (χ4n) is 1.89. The summed E-state index contributed by atoms with van der Waals surface area (Å²) in [5.41, 5.74) is -1.50. The van der Waals surface area contributed by atoms with Crippen LogP contribution in [0.1, 0.15) is 35.4 Å². The first kappa shape index (κ1) is 14.4. The number of aromatic nitrogens is 2. The second kappa shape index (κ2) is 5.51. The summed E-state index contributed by atoms with van der Waals surface area (Å²) in [7, 11) is 0. The molecular weight excluding hydrogens is 277 g/mol. The van der Waals surface area contributed by atoms with Gasteiger partial charge in [-0.2, -0.15) is 18.3 Å². The molecule has 2 rings (SSSR count). The van der Waals surface area contributed by atoms with Gasteiger partial charge in [0.15, 0.2) is 5.69 Å². The minimum absolute atomic E-state index is 0.331. The molecule has 1 aromatic rings. The molecule has 0 radical (unpaired) electrons. The summed E-state index contributed by atoms with van der Waals surface area (Å²) in [5.74, 6) is -1.14. The Morgan fingerprint density at radius 2 is 2.15 bits per heavy atom. The Morgan fingerprint density at radius 3 is 2.80 bits per heavy atom. The van der Waals surface area contributed by atoms with Gasteiger partial charge in [0.1, 0.15) is 11.7 Å². The van der Waals surface area contributed by atoms with Crippen molar-refractivity contribution in [2.75, 3.05) is 6.54 Å². The van der Waals surface area contributed by atoms with Crippen LogP contribution in [0.25, 0.3) is 0 Å². The van der Waals surface area contributed by atoms with Gasteiger partial charge in [-0.1, -0.05) is 0 Å². The van der Waals surface area contributed by atoms with E-state index in [0.29, 0.717) is 19.0 Å². The first-order valence-corrected chi connectivity index (χ1v) is 6.09. The third-order valence-electron chi connectivity index (χ3n) is 2.96. The Kier molecular flexibility index (Phi) is 3.96. The second-order valence-electron chi connectivity index (χ2n) is 4.48. The predicted octanol–water partition coefficient (Wildman–Crippen LogP) is 0.827. The number of nitrogens with one attached hydrogen (secondary N) is 3. The Morgan fingerprint density at radius 1 is 1.40 bits per heavy atom. The molecule has 3 N–H and O–H groups in total. The molecule has 1 atom stereocenters. The molecule has 110 valence electrons.